The van der Waals surface area contributed by atoms with Crippen LogP contribution in [0.15, 0.2) is 66.7 Å². The fourth-order valence-electron chi connectivity index (χ4n) is 4.53. The monoisotopic (exact) mass is 521 g/mol. The number of benzene rings is 2. The molecule has 3 aromatic rings. The Hall–Kier alpha value is -3.10. The van der Waals surface area contributed by atoms with Gasteiger partial charge in [-0.05, 0) is 58.7 Å². The minimum atomic E-state index is -1.48. The highest BCUT2D eigenvalue weighted by Crippen LogP contribution is 2.35. The predicted molar refractivity (Wildman–Crippen MR) is 146 cm³/mol. The summed E-state index contributed by atoms with van der Waals surface area (Å²) < 4.78 is 21.4. The minimum Gasteiger partial charge on any atom is -0.441 e. The van der Waals surface area contributed by atoms with E-state index >= 15 is 0 Å². The predicted octanol–water partition coefficient (Wildman–Crippen LogP) is 5.33. The third-order valence-corrected chi connectivity index (χ3v) is 8.37. The van der Waals surface area contributed by atoms with Crippen molar-refractivity contribution in [2.75, 3.05) is 0 Å². The molecule has 1 aromatic heterocycles. The van der Waals surface area contributed by atoms with Gasteiger partial charge in [0.15, 0.2) is 0 Å². The molecule has 4 rings (SSSR count). The summed E-state index contributed by atoms with van der Waals surface area (Å²) in [5, 5.41) is 0.966. The molecule has 1 saturated heterocycles. The topological polar surface area (TPSA) is 88.6 Å². The van der Waals surface area contributed by atoms with Crippen LogP contribution in [0.4, 0.5) is 4.79 Å². The number of amides is 2. The van der Waals surface area contributed by atoms with Gasteiger partial charge in [0.05, 0.1) is 44.9 Å². The number of aromatic nitrogens is 1. The van der Waals surface area contributed by atoms with Gasteiger partial charge < -0.3 is 4.74 Å². The van der Waals surface area contributed by atoms with Gasteiger partial charge in [-0.25, -0.2) is 18.6 Å². The molecule has 7 nitrogen and oxygen atoms in total. The molecule has 8 heteroatoms. The van der Waals surface area contributed by atoms with Crippen LogP contribution in [0.3, 0.4) is 0 Å². The lowest BCUT2D eigenvalue weighted by Crippen LogP contribution is -2.50. The summed E-state index contributed by atoms with van der Waals surface area (Å²) in [6, 6.07) is 20.1. The molecule has 0 radical (unpaired) electrons. The molecule has 4 atom stereocenters. The second-order valence-corrected chi connectivity index (χ2v) is 13.1. The number of nitrogens with one attached hydrogen (secondary N) is 1. The van der Waals surface area contributed by atoms with E-state index in [1.807, 2.05) is 101 Å². The first-order chi connectivity index (χ1) is 17.4. The molecule has 196 valence electrons. The highest BCUT2D eigenvalue weighted by molar-refractivity contribution is 7.84. The number of hydrogen-bond acceptors (Lipinski definition) is 5. The van der Waals surface area contributed by atoms with Crippen molar-refractivity contribution in [1.29, 1.82) is 0 Å². The number of nitrogens with zero attached hydrogens (tertiary/aromatic N) is 2. The van der Waals surface area contributed by atoms with Crippen molar-refractivity contribution in [2.45, 2.75) is 70.4 Å². The molecule has 1 aliphatic rings. The van der Waals surface area contributed by atoms with Gasteiger partial charge in [0, 0.05) is 5.39 Å². The van der Waals surface area contributed by atoms with E-state index in [4.69, 9.17) is 9.72 Å². The molecule has 0 spiro atoms. The summed E-state index contributed by atoms with van der Waals surface area (Å²) in [6.45, 7) is 11.0. The molecule has 1 N–H and O–H groups in total. The van der Waals surface area contributed by atoms with Crippen LogP contribution in [0.5, 0.6) is 0 Å². The van der Waals surface area contributed by atoms with Gasteiger partial charge in [-0.2, -0.15) is 0 Å². The molecule has 0 aliphatic carbocycles. The van der Waals surface area contributed by atoms with Crippen LogP contribution in [0.2, 0.25) is 0 Å². The zero-order valence-corrected chi connectivity index (χ0v) is 23.0. The number of imide groups is 1. The van der Waals surface area contributed by atoms with E-state index in [0.717, 1.165) is 16.5 Å². The van der Waals surface area contributed by atoms with E-state index in [9.17, 15) is 13.8 Å². The number of rotatable bonds is 7. The summed E-state index contributed by atoms with van der Waals surface area (Å²) >= 11 is 0. The van der Waals surface area contributed by atoms with Gasteiger partial charge in [0.25, 0.3) is 0 Å². The van der Waals surface area contributed by atoms with E-state index in [-0.39, 0.29) is 0 Å². The first-order valence-corrected chi connectivity index (χ1v) is 13.7. The van der Waals surface area contributed by atoms with Crippen LogP contribution in [-0.2, 0) is 26.9 Å². The van der Waals surface area contributed by atoms with E-state index in [1.54, 1.807) is 6.92 Å². The largest absolute Gasteiger partial charge is 0.441 e. The number of fused-ring (bicyclic) bond motifs is 1. The van der Waals surface area contributed by atoms with Crippen molar-refractivity contribution in [3.05, 3.63) is 78.0 Å². The van der Waals surface area contributed by atoms with Crippen LogP contribution >= 0.6 is 0 Å². The molecular formula is C29H35N3O4S. The Kier molecular flexibility index (Phi) is 7.53. The lowest BCUT2D eigenvalue weighted by molar-refractivity contribution is -0.134. The van der Waals surface area contributed by atoms with Gasteiger partial charge in [-0.3, -0.25) is 9.78 Å². The zero-order valence-electron chi connectivity index (χ0n) is 22.2. The Morgan fingerprint density at radius 2 is 1.73 bits per heavy atom. The van der Waals surface area contributed by atoms with Gasteiger partial charge in [0.1, 0.15) is 5.60 Å². The van der Waals surface area contributed by atoms with Gasteiger partial charge in [0.2, 0.25) is 5.91 Å². The third kappa shape index (κ3) is 5.75. The summed E-state index contributed by atoms with van der Waals surface area (Å²) in [4.78, 5) is 33.1. The minimum absolute atomic E-state index is 0.394. The number of carbonyl (C=O) groups excluding carboxylic acids is 2. The van der Waals surface area contributed by atoms with E-state index in [2.05, 4.69) is 4.72 Å². The number of ether oxygens (including phenoxy) is 1. The fraction of sp³-hybridized carbons (Fsp3) is 0.414. The molecule has 37 heavy (non-hydrogen) atoms. The summed E-state index contributed by atoms with van der Waals surface area (Å²) in [6.07, 6.45) is -0.192. The molecule has 2 amide bonds. The Morgan fingerprint density at radius 3 is 2.41 bits per heavy atom. The summed E-state index contributed by atoms with van der Waals surface area (Å²) in [5.74, 6) is -1.14. The maximum absolute atomic E-state index is 14.0. The number of carbonyl (C=O) groups is 2. The highest BCUT2D eigenvalue weighted by Gasteiger charge is 2.52. The Morgan fingerprint density at radius 1 is 1.08 bits per heavy atom. The average molecular weight is 522 g/mol. The lowest BCUT2D eigenvalue weighted by Gasteiger charge is -2.32. The third-order valence-electron chi connectivity index (χ3n) is 6.79. The zero-order chi connectivity index (χ0) is 27.0. The molecule has 2 heterocycles. The normalized spacial score (nSPS) is 19.9. The fourth-order valence-corrected chi connectivity index (χ4v) is 5.44. The molecule has 0 unspecified atom stereocenters. The van der Waals surface area contributed by atoms with E-state index in [1.165, 1.54) is 4.90 Å². The van der Waals surface area contributed by atoms with Crippen LogP contribution in [0, 0.1) is 5.92 Å². The second-order valence-electron chi connectivity index (χ2n) is 11.1. The van der Waals surface area contributed by atoms with Crippen LogP contribution in [-0.4, -0.2) is 42.5 Å². The lowest BCUT2D eigenvalue weighted by atomic mass is 9.90. The van der Waals surface area contributed by atoms with Crippen LogP contribution in [0.1, 0.15) is 58.8 Å². The Balaban J connectivity index is 1.70. The Bertz CT molecular complexity index is 1320. The summed E-state index contributed by atoms with van der Waals surface area (Å²) in [7, 11) is -1.48. The smallest absolute Gasteiger partial charge is 0.417 e. The summed E-state index contributed by atoms with van der Waals surface area (Å²) in [5.41, 5.74) is 1.50. The number of pyridine rings is 1. The number of para-hydroxylation sites is 1. The van der Waals surface area contributed by atoms with E-state index < -0.39 is 51.3 Å². The quantitative estimate of drug-likeness (QED) is 0.454. The molecule has 0 bridgehead atoms. The van der Waals surface area contributed by atoms with Crippen LogP contribution in [0.25, 0.3) is 10.9 Å². The van der Waals surface area contributed by atoms with Crippen molar-refractivity contribution < 1.29 is 18.5 Å². The van der Waals surface area contributed by atoms with E-state index in [0.29, 0.717) is 12.1 Å². The van der Waals surface area contributed by atoms with Crippen molar-refractivity contribution in [3.63, 3.8) is 0 Å². The van der Waals surface area contributed by atoms with Gasteiger partial charge in [-0.15, -0.1) is 0 Å². The highest BCUT2D eigenvalue weighted by atomic mass is 32.2. The first kappa shape index (κ1) is 26.9. The van der Waals surface area contributed by atoms with Gasteiger partial charge >= 0.3 is 6.09 Å². The number of cyclic esters (lactones) is 1. The van der Waals surface area contributed by atoms with Crippen molar-refractivity contribution in [3.8, 4) is 0 Å². The number of hydrogen-bond donors (Lipinski definition) is 1. The Labute approximate surface area is 221 Å². The maximum atomic E-state index is 14.0. The van der Waals surface area contributed by atoms with Crippen LogP contribution < -0.4 is 4.72 Å². The molecule has 0 saturated carbocycles. The SMILES string of the molecule is C[C@@H](C(=O)N1C(=O)OC(C)(C)[C@@H]1Cc1ccccc1)[C@@H](N[S@](=O)C(C)(C)C)c1ccc2ccccc2n1. The molecule has 1 fully saturated rings. The molecular weight excluding hydrogens is 486 g/mol. The van der Waals surface area contributed by atoms with Crippen molar-refractivity contribution in [1.82, 2.24) is 14.6 Å². The maximum Gasteiger partial charge on any atom is 0.417 e. The van der Waals surface area contributed by atoms with Crippen molar-refractivity contribution >= 4 is 33.9 Å². The van der Waals surface area contributed by atoms with Gasteiger partial charge in [-0.1, -0.05) is 61.5 Å². The average Bonchev–Trinajstić information content (AvgIpc) is 3.08. The van der Waals surface area contributed by atoms with Crippen molar-refractivity contribution in [2.24, 2.45) is 5.92 Å². The molecule has 2 aromatic carbocycles. The first-order valence-electron chi connectivity index (χ1n) is 12.5. The molecule has 1 aliphatic heterocycles. The second kappa shape index (κ2) is 10.3. The standard InChI is InChI=1S/C29H35N3O4S/c1-19(26(33)32-24(29(5,6)36-27(32)34)18-20-12-8-7-9-13-20)25(31-37(35)28(2,3)4)23-17-16-21-14-10-11-15-22(21)30-23/h7-17,19,24-25,31H,18H2,1-6H3/t19-,24+,25-,37-/m1/s1.